The third-order valence-corrected chi connectivity index (χ3v) is 2.94. The van der Waals surface area contributed by atoms with Gasteiger partial charge in [0.05, 0.1) is 12.3 Å². The molecule has 0 aliphatic rings. The first kappa shape index (κ1) is 15.0. The number of ether oxygens (including phenoxy) is 1. The van der Waals surface area contributed by atoms with Crippen LogP contribution in [0.2, 0.25) is 0 Å². The van der Waals surface area contributed by atoms with Crippen molar-refractivity contribution < 1.29 is 18.3 Å². The highest BCUT2D eigenvalue weighted by Crippen LogP contribution is 2.25. The summed E-state index contributed by atoms with van der Waals surface area (Å²) in [6, 6.07) is 3.73. The zero-order chi connectivity index (χ0) is 15.6. The van der Waals surface area contributed by atoms with E-state index in [2.05, 4.69) is 4.98 Å². The molecule has 0 fully saturated rings. The SMILES string of the molecule is CCOC(=O)c1nc(CC)n(-c2cccc(F)c2F)c1N. The van der Waals surface area contributed by atoms with Gasteiger partial charge >= 0.3 is 5.97 Å². The van der Waals surface area contributed by atoms with Crippen molar-refractivity contribution in [2.75, 3.05) is 12.3 Å². The van der Waals surface area contributed by atoms with E-state index in [1.165, 1.54) is 16.7 Å². The topological polar surface area (TPSA) is 70.1 Å². The number of nitrogens with two attached hydrogens (primary N) is 1. The van der Waals surface area contributed by atoms with Gasteiger partial charge in [0, 0.05) is 6.42 Å². The lowest BCUT2D eigenvalue weighted by Gasteiger charge is -2.10. The highest BCUT2D eigenvalue weighted by molar-refractivity contribution is 5.92. The van der Waals surface area contributed by atoms with Crippen LogP contribution in [0.4, 0.5) is 14.6 Å². The van der Waals surface area contributed by atoms with E-state index in [-0.39, 0.29) is 23.8 Å². The Balaban J connectivity index is 2.63. The van der Waals surface area contributed by atoms with Crippen LogP contribution in [-0.4, -0.2) is 22.1 Å². The van der Waals surface area contributed by atoms with Crippen molar-refractivity contribution in [3.8, 4) is 5.69 Å². The molecule has 0 saturated carbocycles. The van der Waals surface area contributed by atoms with Crippen LogP contribution in [0.15, 0.2) is 18.2 Å². The Hall–Kier alpha value is -2.44. The number of nitrogens with zero attached hydrogens (tertiary/aromatic N) is 2. The summed E-state index contributed by atoms with van der Waals surface area (Å²) in [5, 5.41) is 0. The number of carbonyl (C=O) groups excluding carboxylic acids is 1. The van der Waals surface area contributed by atoms with Gasteiger partial charge in [0.25, 0.3) is 0 Å². The molecule has 0 bridgehead atoms. The van der Waals surface area contributed by atoms with Crippen molar-refractivity contribution in [3.05, 3.63) is 41.4 Å². The van der Waals surface area contributed by atoms with Crippen LogP contribution >= 0.6 is 0 Å². The standard InChI is InChI=1S/C14H15F2N3O2/c1-3-10-18-12(14(20)21-4-2)13(17)19(10)9-7-5-6-8(15)11(9)16/h5-7H,3-4,17H2,1-2H3. The predicted molar refractivity (Wildman–Crippen MR) is 73.2 cm³/mol. The van der Waals surface area contributed by atoms with E-state index < -0.39 is 17.6 Å². The zero-order valence-electron chi connectivity index (χ0n) is 11.7. The van der Waals surface area contributed by atoms with Crippen molar-refractivity contribution in [1.29, 1.82) is 0 Å². The van der Waals surface area contributed by atoms with Gasteiger partial charge in [0.1, 0.15) is 11.6 Å². The molecular weight excluding hydrogens is 280 g/mol. The summed E-state index contributed by atoms with van der Waals surface area (Å²) < 4.78 is 33.4. The third-order valence-electron chi connectivity index (χ3n) is 2.94. The Bertz CT molecular complexity index is 683. The zero-order valence-corrected chi connectivity index (χ0v) is 11.7. The van der Waals surface area contributed by atoms with Crippen molar-refractivity contribution in [2.45, 2.75) is 20.3 Å². The number of aryl methyl sites for hydroxylation is 1. The van der Waals surface area contributed by atoms with Crippen LogP contribution in [0.25, 0.3) is 5.69 Å². The van der Waals surface area contributed by atoms with Crippen LogP contribution in [-0.2, 0) is 11.2 Å². The molecule has 1 aromatic carbocycles. The summed E-state index contributed by atoms with van der Waals surface area (Å²) in [7, 11) is 0. The molecule has 0 saturated heterocycles. The molecule has 0 amide bonds. The average molecular weight is 295 g/mol. The lowest BCUT2D eigenvalue weighted by Crippen LogP contribution is -2.10. The van der Waals surface area contributed by atoms with Crippen molar-refractivity contribution >= 4 is 11.8 Å². The molecule has 2 aromatic rings. The van der Waals surface area contributed by atoms with Crippen LogP contribution in [0.3, 0.4) is 0 Å². The molecule has 0 aliphatic carbocycles. The van der Waals surface area contributed by atoms with Crippen LogP contribution < -0.4 is 5.73 Å². The molecule has 0 spiro atoms. The van der Waals surface area contributed by atoms with Gasteiger partial charge in [-0.1, -0.05) is 13.0 Å². The lowest BCUT2D eigenvalue weighted by atomic mass is 10.2. The number of hydrogen-bond donors (Lipinski definition) is 1. The van der Waals surface area contributed by atoms with Gasteiger partial charge < -0.3 is 10.5 Å². The Kier molecular flexibility index (Phi) is 4.21. The van der Waals surface area contributed by atoms with Crippen molar-refractivity contribution in [2.24, 2.45) is 0 Å². The second-order valence-electron chi connectivity index (χ2n) is 4.24. The summed E-state index contributed by atoms with van der Waals surface area (Å²) in [5.41, 5.74) is 5.68. The third kappa shape index (κ3) is 2.58. The maximum absolute atomic E-state index is 13.9. The van der Waals surface area contributed by atoms with Crippen molar-refractivity contribution in [3.63, 3.8) is 0 Å². The Labute approximate surface area is 120 Å². The molecule has 21 heavy (non-hydrogen) atoms. The van der Waals surface area contributed by atoms with Gasteiger partial charge in [0.2, 0.25) is 0 Å². The number of halogens is 2. The van der Waals surface area contributed by atoms with E-state index in [1.54, 1.807) is 13.8 Å². The first-order chi connectivity index (χ1) is 10.0. The molecule has 112 valence electrons. The number of carbonyl (C=O) groups is 1. The summed E-state index contributed by atoms with van der Waals surface area (Å²) in [4.78, 5) is 15.9. The fourth-order valence-corrected chi connectivity index (χ4v) is 2.00. The van der Waals surface area contributed by atoms with Gasteiger partial charge in [-0.2, -0.15) is 0 Å². The fourth-order valence-electron chi connectivity index (χ4n) is 2.00. The molecular formula is C14H15F2N3O2. The second kappa shape index (κ2) is 5.90. The monoisotopic (exact) mass is 295 g/mol. The van der Waals surface area contributed by atoms with E-state index in [0.29, 0.717) is 12.2 Å². The normalized spacial score (nSPS) is 10.7. The molecule has 1 heterocycles. The summed E-state index contributed by atoms with van der Waals surface area (Å²) >= 11 is 0. The van der Waals surface area contributed by atoms with E-state index in [1.807, 2.05) is 0 Å². The fraction of sp³-hybridized carbons (Fsp3) is 0.286. The van der Waals surface area contributed by atoms with Gasteiger partial charge in [-0.3, -0.25) is 4.57 Å². The van der Waals surface area contributed by atoms with E-state index in [0.717, 1.165) is 6.07 Å². The lowest BCUT2D eigenvalue weighted by molar-refractivity contribution is 0.0521. The Morgan fingerprint density at radius 2 is 2.10 bits per heavy atom. The number of nitrogen functional groups attached to an aromatic ring is 1. The van der Waals surface area contributed by atoms with Gasteiger partial charge in [-0.15, -0.1) is 0 Å². The van der Waals surface area contributed by atoms with E-state index in [9.17, 15) is 13.6 Å². The molecule has 5 nitrogen and oxygen atoms in total. The van der Waals surface area contributed by atoms with Crippen LogP contribution in [0.5, 0.6) is 0 Å². The molecule has 2 N–H and O–H groups in total. The molecule has 0 atom stereocenters. The quantitative estimate of drug-likeness (QED) is 0.880. The van der Waals surface area contributed by atoms with Gasteiger partial charge in [-0.25, -0.2) is 18.6 Å². The highest BCUT2D eigenvalue weighted by Gasteiger charge is 2.23. The molecule has 2 rings (SSSR count). The number of rotatable bonds is 4. The predicted octanol–water partition coefficient (Wildman–Crippen LogP) is 2.47. The maximum atomic E-state index is 13.9. The summed E-state index contributed by atoms with van der Waals surface area (Å²) in [6.07, 6.45) is 0.388. The van der Waals surface area contributed by atoms with Crippen LogP contribution in [0, 0.1) is 11.6 Å². The molecule has 0 unspecified atom stereocenters. The second-order valence-corrected chi connectivity index (χ2v) is 4.24. The molecule has 0 radical (unpaired) electrons. The number of imidazole rings is 1. The minimum Gasteiger partial charge on any atom is -0.461 e. The summed E-state index contributed by atoms with van der Waals surface area (Å²) in [5.74, 6) is -2.47. The minimum atomic E-state index is -1.05. The minimum absolute atomic E-state index is 0.0743. The Morgan fingerprint density at radius 3 is 2.71 bits per heavy atom. The largest absolute Gasteiger partial charge is 0.461 e. The molecule has 7 heteroatoms. The molecule has 0 aliphatic heterocycles. The number of anilines is 1. The average Bonchev–Trinajstić information content (AvgIpc) is 2.79. The smallest absolute Gasteiger partial charge is 0.360 e. The molecule has 1 aromatic heterocycles. The van der Waals surface area contributed by atoms with Gasteiger partial charge in [0.15, 0.2) is 17.3 Å². The summed E-state index contributed by atoms with van der Waals surface area (Å²) in [6.45, 7) is 3.59. The number of esters is 1. The van der Waals surface area contributed by atoms with E-state index in [4.69, 9.17) is 10.5 Å². The first-order valence-corrected chi connectivity index (χ1v) is 6.49. The van der Waals surface area contributed by atoms with Crippen molar-refractivity contribution in [1.82, 2.24) is 9.55 Å². The Morgan fingerprint density at radius 1 is 1.38 bits per heavy atom. The highest BCUT2D eigenvalue weighted by atomic mass is 19.2. The number of hydrogen-bond acceptors (Lipinski definition) is 4. The maximum Gasteiger partial charge on any atom is 0.360 e. The number of aromatic nitrogens is 2. The van der Waals surface area contributed by atoms with Gasteiger partial charge in [-0.05, 0) is 19.1 Å². The van der Waals surface area contributed by atoms with E-state index >= 15 is 0 Å². The number of benzene rings is 1. The first-order valence-electron chi connectivity index (χ1n) is 6.49. The van der Waals surface area contributed by atoms with Crippen LogP contribution in [0.1, 0.15) is 30.2 Å².